The Morgan fingerprint density at radius 3 is 2.21 bits per heavy atom. The lowest BCUT2D eigenvalue weighted by molar-refractivity contribution is -0.120. The summed E-state index contributed by atoms with van der Waals surface area (Å²) in [5.74, 6) is 0.0285. The van der Waals surface area contributed by atoms with E-state index in [1.54, 1.807) is 12.1 Å². The molecule has 0 spiro atoms. The van der Waals surface area contributed by atoms with Gasteiger partial charge in [0.2, 0.25) is 5.91 Å². The van der Waals surface area contributed by atoms with Gasteiger partial charge in [0.15, 0.2) is 0 Å². The zero-order valence-electron chi connectivity index (χ0n) is 20.9. The predicted octanol–water partition coefficient (Wildman–Crippen LogP) is 6.68. The van der Waals surface area contributed by atoms with Crippen LogP contribution in [0.3, 0.4) is 0 Å². The number of phenolic OH excluding ortho intramolecular Hbond substituents is 1. The Morgan fingerprint density at radius 2 is 1.61 bits per heavy atom. The van der Waals surface area contributed by atoms with Gasteiger partial charge in [-0.15, -0.1) is 0 Å². The lowest BCUT2D eigenvalue weighted by atomic mass is 10.0. The number of benzene rings is 2. The van der Waals surface area contributed by atoms with E-state index in [9.17, 15) is 9.90 Å². The third-order valence-corrected chi connectivity index (χ3v) is 5.97. The molecular formula is C28H43ClN2O2. The zero-order valence-corrected chi connectivity index (χ0v) is 21.7. The Hall–Kier alpha value is -2.04. The van der Waals surface area contributed by atoms with Crippen molar-refractivity contribution in [2.24, 2.45) is 0 Å². The Balaban J connectivity index is 0.000000502. The smallest absolute Gasteiger partial charge is 0.224 e. The summed E-state index contributed by atoms with van der Waals surface area (Å²) < 4.78 is 0. The van der Waals surface area contributed by atoms with E-state index in [2.05, 4.69) is 68.7 Å². The monoisotopic (exact) mass is 474 g/mol. The third kappa shape index (κ3) is 14.0. The highest BCUT2D eigenvalue weighted by atomic mass is 35.5. The molecule has 0 saturated heterocycles. The Bertz CT molecular complexity index is 794. The van der Waals surface area contributed by atoms with Crippen LogP contribution in [0.2, 0.25) is 5.02 Å². The second kappa shape index (κ2) is 16.6. The van der Waals surface area contributed by atoms with E-state index in [0.717, 1.165) is 31.4 Å². The van der Waals surface area contributed by atoms with Gasteiger partial charge in [0, 0.05) is 12.1 Å². The quantitative estimate of drug-likeness (QED) is 0.283. The first kappa shape index (κ1) is 29.0. The second-order valence-electron chi connectivity index (χ2n) is 9.13. The van der Waals surface area contributed by atoms with Crippen molar-refractivity contribution >= 4 is 17.5 Å². The molecule has 1 amide bonds. The number of carbonyl (C=O) groups excluding carboxylic acids is 1. The second-order valence-corrected chi connectivity index (χ2v) is 9.53. The highest BCUT2D eigenvalue weighted by Gasteiger charge is 2.12. The van der Waals surface area contributed by atoms with Crippen molar-refractivity contribution in [3.05, 3.63) is 64.7 Å². The number of phenols is 1. The molecule has 0 aromatic heterocycles. The van der Waals surface area contributed by atoms with Crippen LogP contribution in [0.1, 0.15) is 77.3 Å². The van der Waals surface area contributed by atoms with Crippen LogP contribution >= 0.6 is 11.6 Å². The molecule has 2 aromatic rings. The van der Waals surface area contributed by atoms with E-state index in [1.165, 1.54) is 37.3 Å². The standard InChI is InChI=1S/C19H31ClN2O2.C9H12/c1-4-19(2,3)22-12-8-6-5-7-11-21-18(24)14-15-9-10-17(23)16(20)13-15;1-2-6-9-7-4-3-5-8-9/h9-10,13,22-23H,4-8,11-12,14H2,1-3H3,(H,21,24);3-5,7-8H,2,6H2,1H3. The molecule has 0 fully saturated rings. The van der Waals surface area contributed by atoms with Gasteiger partial charge < -0.3 is 15.7 Å². The first-order valence-electron chi connectivity index (χ1n) is 12.3. The molecule has 5 heteroatoms. The minimum atomic E-state index is -0.0110. The van der Waals surface area contributed by atoms with Gasteiger partial charge in [-0.05, 0) is 69.3 Å². The fraction of sp³-hybridized carbons (Fsp3) is 0.536. The van der Waals surface area contributed by atoms with E-state index in [4.69, 9.17) is 11.6 Å². The molecule has 0 atom stereocenters. The van der Waals surface area contributed by atoms with Gasteiger partial charge in [-0.3, -0.25) is 4.79 Å². The number of aryl methyl sites for hydroxylation is 1. The molecule has 33 heavy (non-hydrogen) atoms. The number of amides is 1. The van der Waals surface area contributed by atoms with E-state index in [0.29, 0.717) is 6.54 Å². The minimum Gasteiger partial charge on any atom is -0.506 e. The van der Waals surface area contributed by atoms with E-state index < -0.39 is 0 Å². The highest BCUT2D eigenvalue weighted by Crippen LogP contribution is 2.23. The van der Waals surface area contributed by atoms with Gasteiger partial charge in [-0.25, -0.2) is 0 Å². The molecule has 0 radical (unpaired) electrons. The van der Waals surface area contributed by atoms with Gasteiger partial charge in [-0.1, -0.05) is 81.1 Å². The van der Waals surface area contributed by atoms with Crippen molar-refractivity contribution < 1.29 is 9.90 Å². The first-order chi connectivity index (χ1) is 15.8. The number of rotatable bonds is 13. The van der Waals surface area contributed by atoms with Crippen LogP contribution < -0.4 is 10.6 Å². The molecule has 0 heterocycles. The maximum Gasteiger partial charge on any atom is 0.224 e. The van der Waals surface area contributed by atoms with Gasteiger partial charge in [0.05, 0.1) is 11.4 Å². The lowest BCUT2D eigenvalue weighted by Gasteiger charge is -2.24. The molecule has 0 bridgehead atoms. The molecule has 0 unspecified atom stereocenters. The first-order valence-corrected chi connectivity index (χ1v) is 12.7. The molecule has 184 valence electrons. The lowest BCUT2D eigenvalue weighted by Crippen LogP contribution is -2.38. The summed E-state index contributed by atoms with van der Waals surface area (Å²) >= 11 is 5.84. The molecule has 2 aromatic carbocycles. The average Bonchev–Trinajstić information content (AvgIpc) is 2.79. The van der Waals surface area contributed by atoms with Gasteiger partial charge >= 0.3 is 0 Å². The minimum absolute atomic E-state index is 0.0110. The van der Waals surface area contributed by atoms with Crippen LogP contribution in [0.4, 0.5) is 0 Å². The average molecular weight is 475 g/mol. The molecule has 3 N–H and O–H groups in total. The molecule has 0 aliphatic carbocycles. The highest BCUT2D eigenvalue weighted by molar-refractivity contribution is 6.32. The van der Waals surface area contributed by atoms with Gasteiger partial charge in [0.1, 0.15) is 5.75 Å². The summed E-state index contributed by atoms with van der Waals surface area (Å²) in [5, 5.41) is 16.1. The summed E-state index contributed by atoms with van der Waals surface area (Å²) in [6.45, 7) is 10.6. The van der Waals surface area contributed by atoms with E-state index >= 15 is 0 Å². The van der Waals surface area contributed by atoms with E-state index in [1.807, 2.05) is 0 Å². The zero-order chi connectivity index (χ0) is 24.5. The van der Waals surface area contributed by atoms with Gasteiger partial charge in [-0.2, -0.15) is 0 Å². The molecule has 0 aliphatic rings. The fourth-order valence-electron chi connectivity index (χ4n) is 3.22. The number of halogens is 1. The van der Waals surface area contributed by atoms with Gasteiger partial charge in [0.25, 0.3) is 0 Å². The molecular weight excluding hydrogens is 432 g/mol. The van der Waals surface area contributed by atoms with Crippen LogP contribution in [0.15, 0.2) is 48.5 Å². The number of hydrogen-bond donors (Lipinski definition) is 3. The maximum atomic E-state index is 11.9. The number of unbranched alkanes of at least 4 members (excludes halogenated alkanes) is 3. The van der Waals surface area contributed by atoms with Crippen LogP contribution in [0, 0.1) is 0 Å². The van der Waals surface area contributed by atoms with E-state index in [-0.39, 0.29) is 28.6 Å². The number of hydrogen-bond acceptors (Lipinski definition) is 3. The summed E-state index contributed by atoms with van der Waals surface area (Å²) in [7, 11) is 0. The third-order valence-electron chi connectivity index (χ3n) is 5.67. The molecule has 0 aliphatic heterocycles. The van der Waals surface area contributed by atoms with Crippen molar-refractivity contribution in [2.45, 2.75) is 84.6 Å². The number of nitrogens with one attached hydrogen (secondary N) is 2. The van der Waals surface area contributed by atoms with Crippen LogP contribution in [-0.4, -0.2) is 29.6 Å². The Labute approximate surface area is 206 Å². The van der Waals surface area contributed by atoms with Crippen molar-refractivity contribution in [1.82, 2.24) is 10.6 Å². The fourth-order valence-corrected chi connectivity index (χ4v) is 3.43. The summed E-state index contributed by atoms with van der Waals surface area (Å²) in [6.07, 6.45) is 8.34. The summed E-state index contributed by atoms with van der Waals surface area (Å²) in [4.78, 5) is 11.9. The van der Waals surface area contributed by atoms with Crippen molar-refractivity contribution in [2.75, 3.05) is 13.1 Å². The predicted molar refractivity (Wildman–Crippen MR) is 141 cm³/mol. The molecule has 0 saturated carbocycles. The molecule has 4 nitrogen and oxygen atoms in total. The van der Waals surface area contributed by atoms with Crippen LogP contribution in [-0.2, 0) is 17.6 Å². The SMILES string of the molecule is CCC(C)(C)NCCCCCCNC(=O)Cc1ccc(O)c(Cl)c1.CCCc1ccccc1. The van der Waals surface area contributed by atoms with Crippen molar-refractivity contribution in [3.63, 3.8) is 0 Å². The number of carbonyl (C=O) groups is 1. The Kier molecular flexibility index (Phi) is 14.5. The molecule has 2 rings (SSSR count). The summed E-state index contributed by atoms with van der Waals surface area (Å²) in [5.41, 5.74) is 2.48. The number of aromatic hydroxyl groups is 1. The normalized spacial score (nSPS) is 10.9. The van der Waals surface area contributed by atoms with Crippen molar-refractivity contribution in [1.29, 1.82) is 0 Å². The topological polar surface area (TPSA) is 61.4 Å². The van der Waals surface area contributed by atoms with Crippen molar-refractivity contribution in [3.8, 4) is 5.75 Å². The van der Waals surface area contributed by atoms with Crippen LogP contribution in [0.25, 0.3) is 0 Å². The Morgan fingerprint density at radius 1 is 0.939 bits per heavy atom. The maximum absolute atomic E-state index is 11.9. The van der Waals surface area contributed by atoms with Crippen LogP contribution in [0.5, 0.6) is 5.75 Å². The largest absolute Gasteiger partial charge is 0.506 e. The summed E-state index contributed by atoms with van der Waals surface area (Å²) in [6, 6.07) is 15.4.